The first kappa shape index (κ1) is 99.1. The van der Waals surface area contributed by atoms with Gasteiger partial charge in [-0.2, -0.15) is 0 Å². The number of nitrogens with one attached hydrogen (secondary N) is 12. The highest BCUT2D eigenvalue weighted by Crippen LogP contribution is 2.28. The molecule has 0 spiro atoms. The number of benzene rings is 3. The first-order valence-corrected chi connectivity index (χ1v) is 44.4. The Hall–Kier alpha value is -12.7. The summed E-state index contributed by atoms with van der Waals surface area (Å²) in [6.45, 7) is 3.16. The lowest BCUT2D eigenvalue weighted by Crippen LogP contribution is -2.61. The SMILES string of the molecule is CCCC[C@@H]1C(=O)N(C)[C@H](CCCC)C(=O)N[C@@H](C)C(=O)N[C@@H](C(=O)NCC(N)=O)CSCC(=O)N[C@@H](Cc2ccc(O)cc2)C(=O)N2CCCC2C(=O)N[C@H](CC(=O)O)C(=O)N2CCC[C@H]2C(=O)N[C@H](CN)C(=O)N[C@@H](CCC(N)=O)C(=O)N2CCCC2C(=O)N[C@H](Cc2c[nH]c3ccccc23)C(=O)N[C@@H](CCN)C(=O)N[C@@H](Cc2c[nH]c3ccccc23)C(=O)N1C. The van der Waals surface area contributed by atoms with Crippen molar-refractivity contribution in [1.29, 1.82) is 0 Å². The van der Waals surface area contributed by atoms with Gasteiger partial charge in [0, 0.05) is 106 Å². The topological polar surface area (TPSA) is 620 Å². The van der Waals surface area contributed by atoms with E-state index in [1.165, 1.54) is 55.1 Å². The third-order valence-electron chi connectivity index (χ3n) is 23.4. The monoisotopic (exact) mass is 1800 g/mol. The Morgan fingerprint density at radius 2 is 0.953 bits per heavy atom. The van der Waals surface area contributed by atoms with E-state index < -0.39 is 235 Å². The number of fused-ring (bicyclic) bond motifs is 5. The van der Waals surface area contributed by atoms with Gasteiger partial charge in [0.2, 0.25) is 100 Å². The van der Waals surface area contributed by atoms with Gasteiger partial charge in [0.05, 0.1) is 18.7 Å². The highest BCUT2D eigenvalue weighted by Gasteiger charge is 2.46. The van der Waals surface area contributed by atoms with Crippen LogP contribution >= 0.6 is 11.8 Å². The number of carbonyl (C=O) groups excluding carboxylic acids is 17. The van der Waals surface area contributed by atoms with Gasteiger partial charge in [0.15, 0.2) is 0 Å². The summed E-state index contributed by atoms with van der Waals surface area (Å²) < 4.78 is 0. The number of aromatic nitrogens is 2. The molecule has 9 rings (SSSR count). The van der Waals surface area contributed by atoms with Crippen molar-refractivity contribution < 1.29 is 96.5 Å². The molecular formula is C86H119N21O20S. The Balaban J connectivity index is 1.07. The molecule has 0 saturated carbocycles. The van der Waals surface area contributed by atoms with Crippen molar-refractivity contribution in [2.24, 2.45) is 22.9 Å². The van der Waals surface area contributed by atoms with Gasteiger partial charge in [-0.05, 0) is 119 Å². The average Bonchev–Trinajstić information content (AvgIpc) is 1.75. The van der Waals surface area contributed by atoms with Crippen LogP contribution in [0.1, 0.15) is 140 Å². The number of phenolic OH excluding ortho intramolecular Hbond substituents is 1. The second kappa shape index (κ2) is 47.2. The second-order valence-electron chi connectivity index (χ2n) is 32.7. The third-order valence-corrected chi connectivity index (χ3v) is 24.5. The Morgan fingerprint density at radius 3 is 1.48 bits per heavy atom. The van der Waals surface area contributed by atoms with Gasteiger partial charge in [-0.1, -0.05) is 88.1 Å². The van der Waals surface area contributed by atoms with Gasteiger partial charge < -0.3 is 121 Å². The number of para-hydroxylation sites is 2. The number of thioether (sulfide) groups is 1. The summed E-state index contributed by atoms with van der Waals surface area (Å²) >= 11 is 0.790. The molecule has 6 heterocycles. The number of aliphatic carboxylic acids is 1. The number of phenols is 1. The van der Waals surface area contributed by atoms with Gasteiger partial charge in [-0.15, -0.1) is 11.8 Å². The van der Waals surface area contributed by atoms with Crippen LogP contribution in [-0.4, -0.2) is 301 Å². The van der Waals surface area contributed by atoms with Crippen LogP contribution in [0.2, 0.25) is 0 Å². The molecule has 17 amide bonds. The zero-order valence-corrected chi connectivity index (χ0v) is 73.3. The van der Waals surface area contributed by atoms with Crippen LogP contribution in [-0.2, 0) is 106 Å². The number of likely N-dealkylation sites (N-methyl/N-ethyl adjacent to an activating group) is 2. The maximum absolute atomic E-state index is 15.7. The van der Waals surface area contributed by atoms with Gasteiger partial charge in [-0.25, -0.2) is 0 Å². The predicted octanol–water partition coefficient (Wildman–Crippen LogP) is -2.83. The van der Waals surface area contributed by atoms with Crippen LogP contribution in [0.15, 0.2) is 85.2 Å². The molecule has 0 aliphatic carbocycles. The fourth-order valence-electron chi connectivity index (χ4n) is 16.5. The van der Waals surface area contributed by atoms with Gasteiger partial charge in [-0.3, -0.25) is 86.3 Å². The number of nitrogens with zero attached hydrogens (tertiary/aromatic N) is 5. The molecule has 5 aromatic rings. The zero-order chi connectivity index (χ0) is 93.2. The number of aromatic amines is 2. The number of carboxylic acids is 1. The van der Waals surface area contributed by atoms with E-state index in [1.807, 2.05) is 13.8 Å². The van der Waals surface area contributed by atoms with E-state index >= 15 is 28.8 Å². The molecule has 14 atom stereocenters. The molecule has 22 N–H and O–H groups in total. The van der Waals surface area contributed by atoms with Crippen molar-refractivity contribution in [2.45, 2.75) is 227 Å². The largest absolute Gasteiger partial charge is 0.508 e. The Kier molecular flexibility index (Phi) is 36.5. The Morgan fingerprint density at radius 1 is 0.484 bits per heavy atom. The lowest BCUT2D eigenvalue weighted by Gasteiger charge is -2.36. The minimum Gasteiger partial charge on any atom is -0.508 e. The molecule has 0 bridgehead atoms. The highest BCUT2D eigenvalue weighted by molar-refractivity contribution is 8.00. The number of amides is 17. The maximum atomic E-state index is 15.7. The lowest BCUT2D eigenvalue weighted by molar-refractivity contribution is -0.149. The van der Waals surface area contributed by atoms with E-state index in [1.54, 1.807) is 60.9 Å². The van der Waals surface area contributed by atoms with Crippen LogP contribution < -0.4 is 76.1 Å². The standard InChI is InChI=1S/C86H119N21O20S/c1-6-8-21-64-78(119)94-47(3)73(114)102-63(74(115)93-44-70(90)110)45-128-46-71(111)95-59(37-48-26-28-51(108)29-27-48)84(125)106-35-15-24-66(106)80(121)100-61(40-72(112)113)85(126)107-36-16-25-67(107)81(122)101-62(41-88)77(118)97-57(30-31-69(89)109)83(124)105-34-14-23-65(105)79(120)98-58(38-49-42-91-54-19-12-10-17-52(49)54)76(117)96-56(32-33-87)75(116)99-60(39-50-43-92-55-20-13-11-18-53(50)55)82(123)104(5)68(22-9-7-2)86(127)103(64)4/h10-13,17-20,26-29,42-43,47,56-68,91-92,108H,6-9,14-16,21-25,30-41,44-46,87-88H2,1-5H3,(H2,89,109)(H2,90,110)(H,93,115)(H,94,119)(H,95,111)(H,96,117)(H,97,118)(H,98,120)(H,99,116)(H,100,121)(H,101,122)(H,102,114)(H,112,113)/t47-,56-,57-,58+,59-,60-,61+,62+,63+,64+,65?,66?,67-,68+/m0/s1. The number of aromatic hydroxyl groups is 1. The molecule has 4 aliphatic rings. The number of H-pyrrole nitrogens is 2. The fourth-order valence-corrected chi connectivity index (χ4v) is 17.3. The van der Waals surface area contributed by atoms with E-state index in [-0.39, 0.29) is 109 Å². The molecule has 41 nitrogen and oxygen atoms in total. The molecular weight excluding hydrogens is 1680 g/mol. The smallest absolute Gasteiger partial charge is 0.305 e. The summed E-state index contributed by atoms with van der Waals surface area (Å²) in [7, 11) is 2.76. The van der Waals surface area contributed by atoms with Crippen molar-refractivity contribution in [3.05, 3.63) is 102 Å². The van der Waals surface area contributed by atoms with E-state index in [9.17, 15) is 67.7 Å². The molecule has 4 saturated heterocycles. The third kappa shape index (κ3) is 26.5. The first-order chi connectivity index (χ1) is 61.1. The molecule has 4 aliphatic heterocycles. The number of hydrogen-bond acceptors (Lipinski definition) is 22. The highest BCUT2D eigenvalue weighted by atomic mass is 32.2. The molecule has 42 heteroatoms. The second-order valence-corrected chi connectivity index (χ2v) is 33.7. The average molecular weight is 1800 g/mol. The number of nitrogens with two attached hydrogens (primary N) is 4. The number of unbranched alkanes of at least 4 members (excludes halogenated alkanes) is 2. The molecule has 694 valence electrons. The molecule has 4 fully saturated rings. The van der Waals surface area contributed by atoms with Crippen LogP contribution in [0.25, 0.3) is 21.8 Å². The van der Waals surface area contributed by atoms with Gasteiger partial charge in [0.1, 0.15) is 90.3 Å². The zero-order valence-electron chi connectivity index (χ0n) is 72.5. The summed E-state index contributed by atoms with van der Waals surface area (Å²) in [6, 6.07) is -1.07. The van der Waals surface area contributed by atoms with E-state index in [0.717, 1.165) is 26.5 Å². The van der Waals surface area contributed by atoms with Crippen molar-refractivity contribution in [1.82, 2.24) is 87.6 Å². The summed E-state index contributed by atoms with van der Waals surface area (Å²) in [6.07, 6.45) is 2.83. The number of rotatable bonds is 23. The minimum atomic E-state index is -1.87. The lowest BCUT2D eigenvalue weighted by atomic mass is 10.00. The van der Waals surface area contributed by atoms with Crippen LogP contribution in [0, 0.1) is 0 Å². The van der Waals surface area contributed by atoms with Crippen molar-refractivity contribution >= 4 is 140 Å². The molecule has 2 unspecified atom stereocenters. The van der Waals surface area contributed by atoms with Crippen LogP contribution in [0.5, 0.6) is 5.75 Å². The number of primary amides is 2. The quantitative estimate of drug-likeness (QED) is 0.0313. The number of carboxylic acid groups (broad SMARTS) is 1. The number of hydrogen-bond donors (Lipinski definition) is 18. The van der Waals surface area contributed by atoms with Gasteiger partial charge in [0.25, 0.3) is 0 Å². The Labute approximate surface area is 743 Å². The maximum Gasteiger partial charge on any atom is 0.305 e. The van der Waals surface area contributed by atoms with Crippen molar-refractivity contribution in [2.75, 3.05) is 64.9 Å². The van der Waals surface area contributed by atoms with Crippen molar-refractivity contribution in [3.8, 4) is 5.75 Å². The van der Waals surface area contributed by atoms with Crippen LogP contribution in [0.4, 0.5) is 0 Å². The van der Waals surface area contributed by atoms with Gasteiger partial charge >= 0.3 is 5.97 Å². The fraction of sp³-hybridized carbons (Fsp3) is 0.535. The summed E-state index contributed by atoms with van der Waals surface area (Å²) in [5, 5.41) is 48.0. The predicted molar refractivity (Wildman–Crippen MR) is 468 cm³/mol. The molecule has 128 heavy (non-hydrogen) atoms. The van der Waals surface area contributed by atoms with E-state index in [0.29, 0.717) is 64.2 Å². The first-order valence-electron chi connectivity index (χ1n) is 43.2. The Bertz CT molecular complexity index is 4870. The minimum absolute atomic E-state index is 0.00780. The summed E-state index contributed by atoms with van der Waals surface area (Å²) in [5.74, 6) is -17.9. The summed E-state index contributed by atoms with van der Waals surface area (Å²) in [5.41, 5.74) is 26.3. The summed E-state index contributed by atoms with van der Waals surface area (Å²) in [4.78, 5) is 272. The molecule has 3 aromatic carbocycles. The van der Waals surface area contributed by atoms with Crippen molar-refractivity contribution in [3.63, 3.8) is 0 Å². The number of carbonyl (C=O) groups is 18. The van der Waals surface area contributed by atoms with E-state index in [2.05, 4.69) is 63.1 Å². The van der Waals surface area contributed by atoms with E-state index in [4.69, 9.17) is 22.9 Å². The van der Waals surface area contributed by atoms with Crippen LogP contribution in [0.3, 0.4) is 0 Å². The molecule has 2 aromatic heterocycles. The normalized spacial score (nSPS) is 25.3. The molecule has 0 radical (unpaired) electrons.